The van der Waals surface area contributed by atoms with Crippen molar-refractivity contribution in [2.75, 3.05) is 0 Å². The van der Waals surface area contributed by atoms with Gasteiger partial charge in [-0.2, -0.15) is 9.78 Å². The molecule has 1 aromatic heterocycles. The summed E-state index contributed by atoms with van der Waals surface area (Å²) in [5.41, 5.74) is 0.167. The summed E-state index contributed by atoms with van der Waals surface area (Å²) in [5, 5.41) is 4.72. The maximum absolute atomic E-state index is 11.9. The largest absolute Gasteiger partial charge is 0.442 e. The predicted molar refractivity (Wildman–Crippen MR) is 66.8 cm³/mol. The highest BCUT2D eigenvalue weighted by molar-refractivity contribution is 5.98. The first-order valence-electron chi connectivity index (χ1n) is 5.58. The standard InChI is InChI=1S/C13H14N2O3/c1-13(2,3)18-12(17)15-11(8-16)9-6-4-5-7-10(9)14-15/h4-8H,1-3H3. The molecule has 0 amide bonds. The van der Waals surface area contributed by atoms with Crippen LogP contribution in [-0.2, 0) is 4.74 Å². The molecule has 2 rings (SSSR count). The van der Waals surface area contributed by atoms with Gasteiger partial charge in [0.05, 0.1) is 5.52 Å². The van der Waals surface area contributed by atoms with Crippen LogP contribution < -0.4 is 0 Å². The predicted octanol–water partition coefficient (Wildman–Crippen LogP) is 2.63. The molecule has 0 radical (unpaired) electrons. The Hall–Kier alpha value is -2.17. The van der Waals surface area contributed by atoms with Crippen LogP contribution in [0.15, 0.2) is 24.3 Å². The maximum Gasteiger partial charge on any atom is 0.435 e. The summed E-state index contributed by atoms with van der Waals surface area (Å²) in [6, 6.07) is 7.07. The second kappa shape index (κ2) is 4.25. The molecule has 0 aliphatic rings. The van der Waals surface area contributed by atoms with E-state index < -0.39 is 11.7 Å². The van der Waals surface area contributed by atoms with Gasteiger partial charge in [-0.3, -0.25) is 4.79 Å². The third-order valence-corrected chi connectivity index (χ3v) is 2.29. The lowest BCUT2D eigenvalue weighted by Gasteiger charge is -2.19. The van der Waals surface area contributed by atoms with Crippen LogP contribution in [0.3, 0.4) is 0 Å². The summed E-state index contributed by atoms with van der Waals surface area (Å²) in [6.45, 7) is 5.28. The molecule has 0 unspecified atom stereocenters. The Kier molecular flexibility index (Phi) is 2.90. The molecule has 1 aromatic carbocycles. The highest BCUT2D eigenvalue weighted by atomic mass is 16.6. The van der Waals surface area contributed by atoms with Crippen LogP contribution in [-0.4, -0.2) is 27.8 Å². The summed E-state index contributed by atoms with van der Waals surface area (Å²) in [4.78, 5) is 23.0. The third kappa shape index (κ3) is 2.25. The molecule has 5 heteroatoms. The van der Waals surface area contributed by atoms with Gasteiger partial charge in [-0.05, 0) is 26.8 Å². The van der Waals surface area contributed by atoms with Gasteiger partial charge in [-0.1, -0.05) is 18.2 Å². The average Bonchev–Trinajstić information content (AvgIpc) is 2.65. The van der Waals surface area contributed by atoms with Crippen molar-refractivity contribution in [2.24, 2.45) is 0 Å². The molecule has 0 aliphatic heterocycles. The van der Waals surface area contributed by atoms with Crippen molar-refractivity contribution in [3.05, 3.63) is 30.0 Å². The van der Waals surface area contributed by atoms with Gasteiger partial charge in [0, 0.05) is 5.39 Å². The first kappa shape index (κ1) is 12.3. The van der Waals surface area contributed by atoms with Crippen LogP contribution in [0.5, 0.6) is 0 Å². The molecule has 2 aromatic rings. The average molecular weight is 246 g/mol. The van der Waals surface area contributed by atoms with E-state index in [-0.39, 0.29) is 5.69 Å². The first-order chi connectivity index (χ1) is 8.42. The number of hydrogen-bond donors (Lipinski definition) is 0. The second-order valence-corrected chi connectivity index (χ2v) is 4.91. The Morgan fingerprint density at radius 1 is 1.33 bits per heavy atom. The van der Waals surface area contributed by atoms with E-state index >= 15 is 0 Å². The summed E-state index contributed by atoms with van der Waals surface area (Å²) < 4.78 is 6.20. The lowest BCUT2D eigenvalue weighted by molar-refractivity contribution is 0.0509. The number of benzene rings is 1. The second-order valence-electron chi connectivity index (χ2n) is 4.91. The molecule has 0 fully saturated rings. The van der Waals surface area contributed by atoms with Crippen LogP contribution >= 0.6 is 0 Å². The summed E-state index contributed by atoms with van der Waals surface area (Å²) in [7, 11) is 0. The van der Waals surface area contributed by atoms with E-state index in [4.69, 9.17) is 4.74 Å². The molecule has 0 N–H and O–H groups in total. The molecule has 18 heavy (non-hydrogen) atoms. The minimum atomic E-state index is -0.652. The zero-order chi connectivity index (χ0) is 13.3. The molecular weight excluding hydrogens is 232 g/mol. The van der Waals surface area contributed by atoms with Gasteiger partial charge in [-0.15, -0.1) is 0 Å². The molecule has 0 aliphatic carbocycles. The van der Waals surface area contributed by atoms with Gasteiger partial charge < -0.3 is 4.74 Å². The lowest BCUT2D eigenvalue weighted by atomic mass is 10.2. The van der Waals surface area contributed by atoms with E-state index in [1.165, 1.54) is 0 Å². The Bertz CT molecular complexity index is 608. The Morgan fingerprint density at radius 3 is 2.61 bits per heavy atom. The summed E-state index contributed by atoms with van der Waals surface area (Å²) in [5.74, 6) is 0. The fourth-order valence-electron chi connectivity index (χ4n) is 1.61. The quantitative estimate of drug-likeness (QED) is 0.726. The highest BCUT2D eigenvalue weighted by Gasteiger charge is 2.22. The van der Waals surface area contributed by atoms with Crippen molar-refractivity contribution < 1.29 is 14.3 Å². The lowest BCUT2D eigenvalue weighted by Crippen LogP contribution is -2.28. The van der Waals surface area contributed by atoms with E-state index in [1.54, 1.807) is 45.0 Å². The SMILES string of the molecule is CC(C)(C)OC(=O)n1nc2ccccc2c1C=O. The van der Waals surface area contributed by atoms with Gasteiger partial charge in [0.25, 0.3) is 0 Å². The number of aromatic nitrogens is 2. The van der Waals surface area contributed by atoms with Crippen molar-refractivity contribution in [1.82, 2.24) is 9.78 Å². The number of hydrogen-bond acceptors (Lipinski definition) is 4. The fourth-order valence-corrected chi connectivity index (χ4v) is 1.61. The highest BCUT2D eigenvalue weighted by Crippen LogP contribution is 2.18. The van der Waals surface area contributed by atoms with E-state index in [0.717, 1.165) is 4.68 Å². The smallest absolute Gasteiger partial charge is 0.435 e. The zero-order valence-electron chi connectivity index (χ0n) is 10.5. The minimum absolute atomic E-state index is 0.208. The van der Waals surface area contributed by atoms with E-state index in [2.05, 4.69) is 5.10 Å². The van der Waals surface area contributed by atoms with E-state index in [1.807, 2.05) is 0 Å². The van der Waals surface area contributed by atoms with E-state index in [0.29, 0.717) is 17.2 Å². The molecule has 0 atom stereocenters. The normalized spacial score (nSPS) is 11.5. The molecule has 0 saturated carbocycles. The molecule has 94 valence electrons. The van der Waals surface area contributed by atoms with Gasteiger partial charge in [-0.25, -0.2) is 4.79 Å². The van der Waals surface area contributed by atoms with Crippen molar-refractivity contribution in [3.63, 3.8) is 0 Å². The number of fused-ring (bicyclic) bond motifs is 1. The topological polar surface area (TPSA) is 61.2 Å². The maximum atomic E-state index is 11.9. The number of carbonyl (C=O) groups excluding carboxylic acids is 2. The molecule has 5 nitrogen and oxygen atoms in total. The van der Waals surface area contributed by atoms with Crippen molar-refractivity contribution >= 4 is 23.3 Å². The Morgan fingerprint density at radius 2 is 2.00 bits per heavy atom. The van der Waals surface area contributed by atoms with Gasteiger partial charge >= 0.3 is 6.09 Å². The van der Waals surface area contributed by atoms with Gasteiger partial charge in [0.1, 0.15) is 11.3 Å². The number of ether oxygens (including phenoxy) is 1. The third-order valence-electron chi connectivity index (χ3n) is 2.29. The Balaban J connectivity index is 2.51. The summed E-state index contributed by atoms with van der Waals surface area (Å²) in [6.07, 6.45) is -0.0417. The molecule has 1 heterocycles. The van der Waals surface area contributed by atoms with Crippen LogP contribution in [0, 0.1) is 0 Å². The number of nitrogens with zero attached hydrogens (tertiary/aromatic N) is 2. The molecular formula is C13H14N2O3. The van der Waals surface area contributed by atoms with Crippen LogP contribution in [0.25, 0.3) is 10.9 Å². The van der Waals surface area contributed by atoms with Crippen LogP contribution in [0.4, 0.5) is 4.79 Å². The van der Waals surface area contributed by atoms with Crippen molar-refractivity contribution in [2.45, 2.75) is 26.4 Å². The van der Waals surface area contributed by atoms with E-state index in [9.17, 15) is 9.59 Å². The van der Waals surface area contributed by atoms with Crippen LogP contribution in [0.2, 0.25) is 0 Å². The Labute approximate surface area is 104 Å². The molecule has 0 bridgehead atoms. The first-order valence-corrected chi connectivity index (χ1v) is 5.58. The van der Waals surface area contributed by atoms with Gasteiger partial charge in [0.15, 0.2) is 6.29 Å². The fraction of sp³-hybridized carbons (Fsp3) is 0.308. The number of carbonyl (C=O) groups is 2. The monoisotopic (exact) mass is 246 g/mol. The number of rotatable bonds is 1. The number of aldehydes is 1. The summed E-state index contributed by atoms with van der Waals surface area (Å²) >= 11 is 0. The van der Waals surface area contributed by atoms with Crippen molar-refractivity contribution in [3.8, 4) is 0 Å². The molecule has 0 spiro atoms. The van der Waals surface area contributed by atoms with Crippen LogP contribution in [0.1, 0.15) is 31.3 Å². The minimum Gasteiger partial charge on any atom is -0.442 e. The molecule has 0 saturated heterocycles. The zero-order valence-corrected chi connectivity index (χ0v) is 10.5. The van der Waals surface area contributed by atoms with Crippen molar-refractivity contribution in [1.29, 1.82) is 0 Å². The van der Waals surface area contributed by atoms with Gasteiger partial charge in [0.2, 0.25) is 0 Å².